The van der Waals surface area contributed by atoms with Gasteiger partial charge in [-0.15, -0.1) is 0 Å². The Labute approximate surface area is 212 Å². The van der Waals surface area contributed by atoms with Gasteiger partial charge in [-0.2, -0.15) is 9.97 Å². The lowest BCUT2D eigenvalue weighted by atomic mass is 9.95. The second kappa shape index (κ2) is 10.0. The van der Waals surface area contributed by atoms with E-state index in [1.54, 1.807) is 7.11 Å². The fraction of sp³-hybridized carbons (Fsp3) is 0.393. The van der Waals surface area contributed by atoms with Crippen LogP contribution in [-0.2, 0) is 6.54 Å². The molecular weight excluding hydrogens is 450 g/mol. The van der Waals surface area contributed by atoms with Gasteiger partial charge >= 0.3 is 0 Å². The molecule has 0 saturated carbocycles. The summed E-state index contributed by atoms with van der Waals surface area (Å²) in [6.45, 7) is 6.36. The molecule has 2 aromatic heterocycles. The molecule has 186 valence electrons. The average molecular weight is 484 g/mol. The molecule has 1 saturated heterocycles. The van der Waals surface area contributed by atoms with Gasteiger partial charge in [0, 0.05) is 63.9 Å². The predicted octanol–water partition coefficient (Wildman–Crippen LogP) is 4.21. The molecule has 3 aromatic rings. The first kappa shape index (κ1) is 22.6. The van der Waals surface area contributed by atoms with Crippen molar-refractivity contribution in [2.75, 3.05) is 66.4 Å². The molecule has 0 unspecified atom stereocenters. The fourth-order valence-corrected chi connectivity index (χ4v) is 5.33. The summed E-state index contributed by atoms with van der Waals surface area (Å²) < 4.78 is 5.35. The Kier molecular flexibility index (Phi) is 6.32. The van der Waals surface area contributed by atoms with Crippen LogP contribution in [0.25, 0.3) is 5.57 Å². The number of benzene rings is 1. The normalized spacial score (nSPS) is 18.9. The Bertz CT molecular complexity index is 1220. The Hall–Kier alpha value is -3.81. The number of aromatic nitrogens is 3. The van der Waals surface area contributed by atoms with E-state index in [1.807, 2.05) is 24.5 Å². The maximum atomic E-state index is 5.35. The van der Waals surface area contributed by atoms with Gasteiger partial charge in [0.1, 0.15) is 17.4 Å². The van der Waals surface area contributed by atoms with Crippen LogP contribution in [0.1, 0.15) is 30.4 Å². The average Bonchev–Trinajstić information content (AvgIpc) is 2.93. The van der Waals surface area contributed by atoms with Crippen LogP contribution in [0.4, 0.5) is 23.3 Å². The number of ether oxygens (including phenoxy) is 1. The van der Waals surface area contributed by atoms with E-state index < -0.39 is 0 Å². The number of rotatable bonds is 5. The van der Waals surface area contributed by atoms with Gasteiger partial charge in [0.2, 0.25) is 5.95 Å². The zero-order valence-corrected chi connectivity index (χ0v) is 20.9. The molecule has 0 amide bonds. The SMILES string of the molecule is COc1ccc(CN2CC/C3=C\CCCNc4nc(N5CCN(c6ccncc6)CC5)nc2c43)cc1. The van der Waals surface area contributed by atoms with Gasteiger partial charge in [0.25, 0.3) is 0 Å². The predicted molar refractivity (Wildman–Crippen MR) is 145 cm³/mol. The molecular formula is C28H33N7O. The highest BCUT2D eigenvalue weighted by Gasteiger charge is 2.29. The van der Waals surface area contributed by atoms with Crippen molar-refractivity contribution in [1.82, 2.24) is 15.0 Å². The molecule has 8 nitrogen and oxygen atoms in total. The maximum absolute atomic E-state index is 5.35. The van der Waals surface area contributed by atoms with Crippen LogP contribution in [0.15, 0.2) is 54.9 Å². The summed E-state index contributed by atoms with van der Waals surface area (Å²) in [7, 11) is 1.71. The molecule has 1 N–H and O–H groups in total. The third-order valence-corrected chi connectivity index (χ3v) is 7.34. The summed E-state index contributed by atoms with van der Waals surface area (Å²) in [5, 5.41) is 3.64. The third kappa shape index (κ3) is 4.55. The summed E-state index contributed by atoms with van der Waals surface area (Å²) in [5.74, 6) is 3.74. The van der Waals surface area contributed by atoms with Crippen molar-refractivity contribution < 1.29 is 4.74 Å². The highest BCUT2D eigenvalue weighted by atomic mass is 16.5. The minimum absolute atomic E-state index is 0.815. The molecule has 1 aromatic carbocycles. The van der Waals surface area contributed by atoms with Gasteiger partial charge in [0.15, 0.2) is 0 Å². The molecule has 3 aliphatic rings. The Morgan fingerprint density at radius 1 is 0.917 bits per heavy atom. The van der Waals surface area contributed by atoms with Gasteiger partial charge in [0.05, 0.1) is 12.7 Å². The van der Waals surface area contributed by atoms with E-state index in [-0.39, 0.29) is 0 Å². The van der Waals surface area contributed by atoms with Crippen molar-refractivity contribution in [3.63, 3.8) is 0 Å². The topological polar surface area (TPSA) is 69.7 Å². The quantitative estimate of drug-likeness (QED) is 0.579. The number of methoxy groups -OCH3 is 1. The highest BCUT2D eigenvalue weighted by Crippen LogP contribution is 2.40. The first-order valence-electron chi connectivity index (χ1n) is 12.9. The van der Waals surface area contributed by atoms with Crippen molar-refractivity contribution >= 4 is 28.8 Å². The molecule has 0 radical (unpaired) electrons. The number of pyridine rings is 1. The lowest BCUT2D eigenvalue weighted by Gasteiger charge is -2.38. The van der Waals surface area contributed by atoms with Crippen LogP contribution < -0.4 is 24.8 Å². The molecule has 1 fully saturated rings. The second-order valence-corrected chi connectivity index (χ2v) is 9.57. The van der Waals surface area contributed by atoms with Crippen molar-refractivity contribution in [2.24, 2.45) is 0 Å². The Morgan fingerprint density at radius 3 is 2.47 bits per heavy atom. The lowest BCUT2D eigenvalue weighted by Crippen LogP contribution is -2.47. The van der Waals surface area contributed by atoms with Crippen LogP contribution in [-0.4, -0.2) is 61.3 Å². The molecule has 3 aliphatic heterocycles. The zero-order valence-electron chi connectivity index (χ0n) is 20.9. The first-order valence-corrected chi connectivity index (χ1v) is 12.9. The molecule has 0 spiro atoms. The summed E-state index contributed by atoms with van der Waals surface area (Å²) in [6, 6.07) is 12.5. The van der Waals surface area contributed by atoms with Crippen LogP contribution in [0.3, 0.4) is 0 Å². The van der Waals surface area contributed by atoms with E-state index >= 15 is 0 Å². The number of hydrogen-bond acceptors (Lipinski definition) is 8. The van der Waals surface area contributed by atoms with Gasteiger partial charge in [-0.25, -0.2) is 0 Å². The van der Waals surface area contributed by atoms with E-state index in [1.165, 1.54) is 22.4 Å². The molecule has 0 bridgehead atoms. The molecule has 5 heterocycles. The molecule has 36 heavy (non-hydrogen) atoms. The van der Waals surface area contributed by atoms with E-state index in [0.717, 1.165) is 88.4 Å². The minimum atomic E-state index is 0.815. The van der Waals surface area contributed by atoms with E-state index in [4.69, 9.17) is 14.7 Å². The van der Waals surface area contributed by atoms with Crippen LogP contribution >= 0.6 is 0 Å². The van der Waals surface area contributed by atoms with Crippen LogP contribution in [0.5, 0.6) is 5.75 Å². The molecule has 6 rings (SSSR count). The highest BCUT2D eigenvalue weighted by molar-refractivity contribution is 5.85. The van der Waals surface area contributed by atoms with Crippen molar-refractivity contribution in [3.8, 4) is 5.75 Å². The largest absolute Gasteiger partial charge is 0.497 e. The zero-order chi connectivity index (χ0) is 24.3. The standard InChI is InChI=1S/C28H33N7O/c1-36-24-7-5-21(6-8-24)20-35-15-11-22-4-2-3-12-30-26-25(22)27(35)32-28(31-26)34-18-16-33(17-19-34)23-9-13-29-14-10-23/h4-10,13-14H,2-3,11-12,15-20H2,1H3,(H,30,31,32)/b22-4+. The van der Waals surface area contributed by atoms with E-state index in [2.05, 4.69) is 55.3 Å². The van der Waals surface area contributed by atoms with Crippen molar-refractivity contribution in [1.29, 1.82) is 0 Å². The van der Waals surface area contributed by atoms with Crippen LogP contribution in [0.2, 0.25) is 0 Å². The number of nitrogens with one attached hydrogen (secondary N) is 1. The number of hydrogen-bond donors (Lipinski definition) is 1. The summed E-state index contributed by atoms with van der Waals surface area (Å²) in [6.07, 6.45) is 9.36. The van der Waals surface area contributed by atoms with E-state index in [9.17, 15) is 0 Å². The first-order chi connectivity index (χ1) is 17.8. The molecule has 0 atom stereocenters. The second-order valence-electron chi connectivity index (χ2n) is 9.57. The molecule has 8 heteroatoms. The summed E-state index contributed by atoms with van der Waals surface area (Å²) in [5.41, 5.74) is 5.05. The fourth-order valence-electron chi connectivity index (χ4n) is 5.33. The maximum Gasteiger partial charge on any atom is 0.229 e. The van der Waals surface area contributed by atoms with Gasteiger partial charge in [-0.05, 0) is 54.7 Å². The monoisotopic (exact) mass is 483 g/mol. The number of anilines is 4. The van der Waals surface area contributed by atoms with Gasteiger partial charge < -0.3 is 24.8 Å². The number of nitrogens with zero attached hydrogens (tertiary/aromatic N) is 6. The summed E-state index contributed by atoms with van der Waals surface area (Å²) in [4.78, 5) is 21.6. The molecule has 0 aliphatic carbocycles. The van der Waals surface area contributed by atoms with Crippen LogP contribution in [0, 0.1) is 0 Å². The minimum Gasteiger partial charge on any atom is -0.497 e. The Balaban J connectivity index is 1.30. The lowest BCUT2D eigenvalue weighted by molar-refractivity contribution is 0.414. The van der Waals surface area contributed by atoms with Crippen molar-refractivity contribution in [3.05, 3.63) is 66.0 Å². The van der Waals surface area contributed by atoms with Gasteiger partial charge in [-0.3, -0.25) is 4.98 Å². The van der Waals surface area contributed by atoms with E-state index in [0.29, 0.717) is 0 Å². The third-order valence-electron chi connectivity index (χ3n) is 7.34. The Morgan fingerprint density at radius 2 is 1.69 bits per heavy atom. The van der Waals surface area contributed by atoms with Crippen molar-refractivity contribution in [2.45, 2.75) is 25.8 Å². The number of piperazine rings is 1. The number of allylic oxidation sites excluding steroid dienone is 1. The summed E-state index contributed by atoms with van der Waals surface area (Å²) >= 11 is 0. The van der Waals surface area contributed by atoms with Gasteiger partial charge in [-0.1, -0.05) is 18.2 Å². The smallest absolute Gasteiger partial charge is 0.229 e.